The van der Waals surface area contributed by atoms with Crippen LogP contribution >= 0.6 is 0 Å². The van der Waals surface area contributed by atoms with Gasteiger partial charge in [-0.05, 0) is 20.3 Å². The summed E-state index contributed by atoms with van der Waals surface area (Å²) in [7, 11) is 0. The Bertz CT molecular complexity index is 356. The van der Waals surface area contributed by atoms with Crippen molar-refractivity contribution in [1.82, 2.24) is 9.80 Å². The van der Waals surface area contributed by atoms with Crippen LogP contribution < -0.4 is 0 Å². The van der Waals surface area contributed by atoms with Crippen LogP contribution in [0.5, 0.6) is 0 Å². The van der Waals surface area contributed by atoms with Crippen molar-refractivity contribution in [2.45, 2.75) is 25.9 Å². The summed E-state index contributed by atoms with van der Waals surface area (Å²) in [4.78, 5) is 26.5. The molecule has 2 aliphatic rings. The first-order valence-electron chi connectivity index (χ1n) is 6.30. The van der Waals surface area contributed by atoms with Gasteiger partial charge in [-0.25, -0.2) is 4.79 Å². The first-order valence-corrected chi connectivity index (χ1v) is 6.30. The number of amides is 2. The summed E-state index contributed by atoms with van der Waals surface area (Å²) in [6.07, 6.45) is 0.550. The topological polar surface area (TPSA) is 70.1 Å². The third-order valence-electron chi connectivity index (χ3n) is 3.50. The summed E-state index contributed by atoms with van der Waals surface area (Å²) in [5.74, 6) is -1.23. The quantitative estimate of drug-likeness (QED) is 0.747. The lowest BCUT2D eigenvalue weighted by atomic mass is 10.1. The average Bonchev–Trinajstić information content (AvgIpc) is 2.76. The zero-order valence-corrected chi connectivity index (χ0v) is 10.9. The number of morpholine rings is 1. The van der Waals surface area contributed by atoms with Gasteiger partial charge in [0.2, 0.25) is 0 Å². The van der Waals surface area contributed by atoms with Crippen molar-refractivity contribution < 1.29 is 19.4 Å². The predicted octanol–water partition coefficient (Wildman–Crippen LogP) is 0.624. The van der Waals surface area contributed by atoms with E-state index >= 15 is 0 Å². The molecule has 0 aromatic carbocycles. The summed E-state index contributed by atoms with van der Waals surface area (Å²) in [5.41, 5.74) is -0.320. The molecule has 0 saturated carbocycles. The van der Waals surface area contributed by atoms with E-state index in [9.17, 15) is 9.59 Å². The van der Waals surface area contributed by atoms with E-state index in [4.69, 9.17) is 9.84 Å². The van der Waals surface area contributed by atoms with Gasteiger partial charge in [-0.2, -0.15) is 0 Å². The van der Waals surface area contributed by atoms with Crippen LogP contribution in [0.25, 0.3) is 0 Å². The molecule has 0 aliphatic carbocycles. The molecular weight excluding hydrogens is 236 g/mol. The van der Waals surface area contributed by atoms with Crippen LogP contribution in [-0.2, 0) is 9.53 Å². The Balaban J connectivity index is 1.94. The molecule has 2 saturated heterocycles. The number of likely N-dealkylation sites (tertiary alicyclic amines) is 1. The summed E-state index contributed by atoms with van der Waals surface area (Å²) >= 11 is 0. The largest absolute Gasteiger partial charge is 0.481 e. The van der Waals surface area contributed by atoms with Crippen molar-refractivity contribution >= 4 is 12.0 Å². The summed E-state index contributed by atoms with van der Waals surface area (Å²) < 4.78 is 5.56. The van der Waals surface area contributed by atoms with Crippen molar-refractivity contribution in [1.29, 1.82) is 0 Å². The molecule has 2 rings (SSSR count). The number of nitrogens with zero attached hydrogens (tertiary/aromatic N) is 2. The first kappa shape index (κ1) is 13.1. The van der Waals surface area contributed by atoms with Gasteiger partial charge < -0.3 is 19.6 Å². The van der Waals surface area contributed by atoms with E-state index in [1.807, 2.05) is 13.8 Å². The molecule has 0 bridgehead atoms. The molecule has 0 aromatic heterocycles. The third-order valence-corrected chi connectivity index (χ3v) is 3.50. The number of carbonyl (C=O) groups is 2. The van der Waals surface area contributed by atoms with E-state index in [1.165, 1.54) is 0 Å². The van der Waals surface area contributed by atoms with Gasteiger partial charge >= 0.3 is 12.0 Å². The molecular formula is C12H20N2O4. The Morgan fingerprint density at radius 1 is 1.28 bits per heavy atom. The van der Waals surface area contributed by atoms with Crippen molar-refractivity contribution in [2.75, 3.05) is 32.8 Å². The molecule has 6 nitrogen and oxygen atoms in total. The monoisotopic (exact) mass is 256 g/mol. The molecule has 2 fully saturated rings. The minimum atomic E-state index is -0.812. The number of aliphatic carboxylic acids is 1. The average molecular weight is 256 g/mol. The number of rotatable bonds is 1. The molecule has 1 unspecified atom stereocenters. The van der Waals surface area contributed by atoms with Crippen LogP contribution in [0.1, 0.15) is 20.3 Å². The maximum absolute atomic E-state index is 12.3. The highest BCUT2D eigenvalue weighted by molar-refractivity contribution is 5.77. The SMILES string of the molecule is CC1(C)CN(C(=O)N2CCC(C(=O)O)C2)CCO1. The molecule has 2 aliphatic heterocycles. The molecule has 0 radical (unpaired) electrons. The number of hydrogen-bond acceptors (Lipinski definition) is 3. The van der Waals surface area contributed by atoms with E-state index in [-0.39, 0.29) is 11.6 Å². The van der Waals surface area contributed by atoms with Crippen molar-refractivity contribution in [2.24, 2.45) is 5.92 Å². The molecule has 1 atom stereocenters. The van der Waals surface area contributed by atoms with Crippen LogP contribution in [0.4, 0.5) is 4.79 Å². The highest BCUT2D eigenvalue weighted by Gasteiger charge is 2.36. The fourth-order valence-electron chi connectivity index (χ4n) is 2.52. The normalized spacial score (nSPS) is 27.3. The number of carboxylic acids is 1. The second-order valence-electron chi connectivity index (χ2n) is 5.58. The number of carbonyl (C=O) groups excluding carboxylic acids is 1. The van der Waals surface area contributed by atoms with Gasteiger partial charge in [-0.3, -0.25) is 4.79 Å². The van der Waals surface area contributed by atoms with Gasteiger partial charge in [0, 0.05) is 19.6 Å². The molecule has 1 N–H and O–H groups in total. The molecule has 18 heavy (non-hydrogen) atoms. The van der Waals surface area contributed by atoms with E-state index in [0.717, 1.165) is 0 Å². The molecule has 102 valence electrons. The summed E-state index contributed by atoms with van der Waals surface area (Å²) in [5, 5.41) is 8.93. The van der Waals surface area contributed by atoms with Gasteiger partial charge in [0.25, 0.3) is 0 Å². The van der Waals surface area contributed by atoms with Crippen molar-refractivity contribution in [3.63, 3.8) is 0 Å². The fraction of sp³-hybridized carbons (Fsp3) is 0.833. The Kier molecular flexibility index (Phi) is 3.47. The maximum atomic E-state index is 12.3. The Morgan fingerprint density at radius 3 is 2.56 bits per heavy atom. The first-order chi connectivity index (χ1) is 8.39. The van der Waals surface area contributed by atoms with Crippen LogP contribution in [-0.4, -0.2) is 65.3 Å². The highest BCUT2D eigenvalue weighted by atomic mass is 16.5. The lowest BCUT2D eigenvalue weighted by Gasteiger charge is -2.39. The van der Waals surface area contributed by atoms with Crippen LogP contribution in [0, 0.1) is 5.92 Å². The molecule has 0 aromatic rings. The number of carboxylic acid groups (broad SMARTS) is 1. The van der Waals surface area contributed by atoms with Gasteiger partial charge in [0.1, 0.15) is 0 Å². The number of ether oxygens (including phenoxy) is 1. The Hall–Kier alpha value is -1.30. The maximum Gasteiger partial charge on any atom is 0.320 e. The zero-order chi connectivity index (χ0) is 13.3. The minimum Gasteiger partial charge on any atom is -0.481 e. The van der Waals surface area contributed by atoms with Crippen LogP contribution in [0.15, 0.2) is 0 Å². The van der Waals surface area contributed by atoms with E-state index in [2.05, 4.69) is 0 Å². The molecule has 2 amide bonds. The number of urea groups is 1. The second kappa shape index (κ2) is 4.76. The lowest BCUT2D eigenvalue weighted by molar-refractivity contribution is -0.141. The van der Waals surface area contributed by atoms with Gasteiger partial charge in [0.05, 0.1) is 24.7 Å². The number of hydrogen-bond donors (Lipinski definition) is 1. The van der Waals surface area contributed by atoms with Gasteiger partial charge in [-0.1, -0.05) is 0 Å². The smallest absolute Gasteiger partial charge is 0.320 e. The fourth-order valence-corrected chi connectivity index (χ4v) is 2.52. The molecule has 0 spiro atoms. The Labute approximate surface area is 106 Å². The van der Waals surface area contributed by atoms with Crippen molar-refractivity contribution in [3.8, 4) is 0 Å². The predicted molar refractivity (Wildman–Crippen MR) is 64.3 cm³/mol. The Morgan fingerprint density at radius 2 is 2.00 bits per heavy atom. The lowest BCUT2D eigenvalue weighted by Crippen LogP contribution is -2.54. The minimum absolute atomic E-state index is 0.0601. The van der Waals surface area contributed by atoms with Crippen molar-refractivity contribution in [3.05, 3.63) is 0 Å². The molecule has 6 heteroatoms. The second-order valence-corrected chi connectivity index (χ2v) is 5.58. The van der Waals surface area contributed by atoms with Crippen LogP contribution in [0.3, 0.4) is 0 Å². The zero-order valence-electron chi connectivity index (χ0n) is 10.9. The van der Waals surface area contributed by atoms with Gasteiger partial charge in [0.15, 0.2) is 0 Å². The van der Waals surface area contributed by atoms with E-state index in [0.29, 0.717) is 39.2 Å². The standard InChI is InChI=1S/C12H20N2O4/c1-12(2)8-14(5-6-18-12)11(17)13-4-3-9(7-13)10(15)16/h9H,3-8H2,1-2H3,(H,15,16). The van der Waals surface area contributed by atoms with E-state index in [1.54, 1.807) is 9.80 Å². The highest BCUT2D eigenvalue weighted by Crippen LogP contribution is 2.21. The summed E-state index contributed by atoms with van der Waals surface area (Å²) in [6.45, 7) is 6.44. The van der Waals surface area contributed by atoms with E-state index < -0.39 is 11.9 Å². The van der Waals surface area contributed by atoms with Crippen LogP contribution in [0.2, 0.25) is 0 Å². The third kappa shape index (κ3) is 2.75. The summed E-state index contributed by atoms with van der Waals surface area (Å²) in [6, 6.07) is -0.0601. The van der Waals surface area contributed by atoms with Gasteiger partial charge in [-0.15, -0.1) is 0 Å². The molecule has 2 heterocycles.